The number of hydrogen-bond acceptors (Lipinski definition) is 3. The Morgan fingerprint density at radius 1 is 0.967 bits per heavy atom. The molecule has 2 saturated carbocycles. The monoisotopic (exact) mass is 414 g/mol. The number of hydrogen-bond donors (Lipinski definition) is 1. The summed E-state index contributed by atoms with van der Waals surface area (Å²) in [5.41, 5.74) is 3.85. The van der Waals surface area contributed by atoms with Gasteiger partial charge in [-0.15, -0.1) is 0 Å². The number of benzene rings is 1. The molecule has 2 aliphatic rings. The number of ether oxygens (including phenoxy) is 1. The molecule has 3 heteroatoms. The van der Waals surface area contributed by atoms with Crippen LogP contribution in [0.3, 0.4) is 0 Å². The van der Waals surface area contributed by atoms with Crippen molar-refractivity contribution < 1.29 is 14.6 Å². The van der Waals surface area contributed by atoms with E-state index in [0.717, 1.165) is 19.3 Å². The average Bonchev–Trinajstić information content (AvgIpc) is 2.80. The quantitative estimate of drug-likeness (QED) is 0.332. The zero-order chi connectivity index (χ0) is 21.3. The molecule has 3 rings (SSSR count). The standard InChI is InChI=1S/C27H42O3/c1-3-20(16-11-17-30-26(28)4-2)23-18-24(21-12-7-5-8-13-21)27(29)25(19-23)22-14-9-6-10-15-22/h18-22,29H,3-17H2,1-2H3. The van der Waals surface area contributed by atoms with Crippen LogP contribution in [-0.2, 0) is 9.53 Å². The van der Waals surface area contributed by atoms with Gasteiger partial charge in [-0.2, -0.15) is 0 Å². The van der Waals surface area contributed by atoms with E-state index in [1.54, 1.807) is 0 Å². The van der Waals surface area contributed by atoms with Crippen LogP contribution >= 0.6 is 0 Å². The van der Waals surface area contributed by atoms with Gasteiger partial charge in [-0.05, 0) is 79.4 Å². The van der Waals surface area contributed by atoms with E-state index in [-0.39, 0.29) is 5.97 Å². The van der Waals surface area contributed by atoms with Gasteiger partial charge in [0, 0.05) is 6.42 Å². The highest BCUT2D eigenvalue weighted by Crippen LogP contribution is 2.45. The zero-order valence-electron chi connectivity index (χ0n) is 19.3. The molecular formula is C27H42O3. The van der Waals surface area contributed by atoms with Crippen LogP contribution in [0, 0.1) is 0 Å². The van der Waals surface area contributed by atoms with Crippen LogP contribution in [0.15, 0.2) is 12.1 Å². The second-order valence-electron chi connectivity index (χ2n) is 9.54. The maximum Gasteiger partial charge on any atom is 0.305 e. The maximum atomic E-state index is 11.4. The lowest BCUT2D eigenvalue weighted by Crippen LogP contribution is -2.12. The van der Waals surface area contributed by atoms with Crippen molar-refractivity contribution in [3.63, 3.8) is 0 Å². The van der Waals surface area contributed by atoms with Gasteiger partial charge in [-0.1, -0.05) is 64.5 Å². The van der Waals surface area contributed by atoms with E-state index in [4.69, 9.17) is 4.74 Å². The lowest BCUT2D eigenvalue weighted by Gasteiger charge is -2.29. The van der Waals surface area contributed by atoms with Gasteiger partial charge in [0.2, 0.25) is 0 Å². The molecule has 168 valence electrons. The fourth-order valence-electron chi connectivity index (χ4n) is 5.61. The molecule has 0 aliphatic heterocycles. The summed E-state index contributed by atoms with van der Waals surface area (Å²) in [4.78, 5) is 11.4. The van der Waals surface area contributed by atoms with E-state index in [1.807, 2.05) is 6.92 Å². The zero-order valence-corrected chi connectivity index (χ0v) is 19.3. The molecule has 0 radical (unpaired) electrons. The Bertz CT molecular complexity index is 630. The first kappa shape index (κ1) is 23.2. The summed E-state index contributed by atoms with van der Waals surface area (Å²) in [7, 11) is 0. The van der Waals surface area contributed by atoms with Gasteiger partial charge in [-0.3, -0.25) is 4.79 Å². The Balaban J connectivity index is 1.82. The number of rotatable bonds is 9. The Hall–Kier alpha value is -1.51. The van der Waals surface area contributed by atoms with Crippen molar-refractivity contribution in [2.45, 2.75) is 121 Å². The lowest BCUT2D eigenvalue weighted by molar-refractivity contribution is -0.143. The summed E-state index contributed by atoms with van der Waals surface area (Å²) in [6.45, 7) is 4.62. The highest BCUT2D eigenvalue weighted by atomic mass is 16.5. The van der Waals surface area contributed by atoms with Gasteiger partial charge in [0.15, 0.2) is 0 Å². The number of carbonyl (C=O) groups excluding carboxylic acids is 1. The minimum absolute atomic E-state index is 0.105. The van der Waals surface area contributed by atoms with Crippen molar-refractivity contribution in [3.8, 4) is 5.75 Å². The van der Waals surface area contributed by atoms with Gasteiger partial charge >= 0.3 is 5.97 Å². The van der Waals surface area contributed by atoms with E-state index in [1.165, 1.54) is 80.9 Å². The largest absolute Gasteiger partial charge is 0.507 e. The van der Waals surface area contributed by atoms with Crippen LogP contribution in [0.5, 0.6) is 5.75 Å². The molecule has 1 N–H and O–H groups in total. The molecule has 0 saturated heterocycles. The smallest absolute Gasteiger partial charge is 0.305 e. The minimum Gasteiger partial charge on any atom is -0.507 e. The molecule has 0 heterocycles. The Morgan fingerprint density at radius 2 is 1.50 bits per heavy atom. The van der Waals surface area contributed by atoms with E-state index >= 15 is 0 Å². The molecule has 1 aromatic carbocycles. The van der Waals surface area contributed by atoms with Crippen LogP contribution in [0.4, 0.5) is 0 Å². The molecular weight excluding hydrogens is 372 g/mol. The molecule has 3 nitrogen and oxygen atoms in total. The second-order valence-corrected chi connectivity index (χ2v) is 9.54. The topological polar surface area (TPSA) is 46.5 Å². The highest BCUT2D eigenvalue weighted by molar-refractivity contribution is 5.68. The van der Waals surface area contributed by atoms with Crippen LogP contribution in [-0.4, -0.2) is 17.7 Å². The molecule has 0 amide bonds. The van der Waals surface area contributed by atoms with Crippen molar-refractivity contribution >= 4 is 5.97 Å². The number of esters is 1. The Labute approximate surface area is 183 Å². The van der Waals surface area contributed by atoms with E-state index in [9.17, 15) is 9.90 Å². The predicted octanol–water partition coefficient (Wildman–Crippen LogP) is 7.71. The fraction of sp³-hybridized carbons (Fsp3) is 0.741. The molecule has 1 unspecified atom stereocenters. The summed E-state index contributed by atoms with van der Waals surface area (Å²) in [6.07, 6.45) is 16.1. The third-order valence-corrected chi connectivity index (χ3v) is 7.49. The summed E-state index contributed by atoms with van der Waals surface area (Å²) >= 11 is 0. The molecule has 1 aromatic rings. The Morgan fingerprint density at radius 3 is 1.97 bits per heavy atom. The average molecular weight is 415 g/mol. The SMILES string of the molecule is CCC(=O)OCCCC(CC)c1cc(C2CCCCC2)c(O)c(C2CCCCC2)c1. The molecule has 0 aromatic heterocycles. The fourth-order valence-corrected chi connectivity index (χ4v) is 5.61. The summed E-state index contributed by atoms with van der Waals surface area (Å²) in [5.74, 6) is 2.01. The van der Waals surface area contributed by atoms with Crippen LogP contribution in [0.1, 0.15) is 138 Å². The van der Waals surface area contributed by atoms with Crippen molar-refractivity contribution in [1.82, 2.24) is 0 Å². The predicted molar refractivity (Wildman–Crippen MR) is 123 cm³/mol. The normalized spacial score (nSPS) is 19.5. The maximum absolute atomic E-state index is 11.4. The summed E-state index contributed by atoms with van der Waals surface area (Å²) in [6, 6.07) is 4.67. The number of carbonyl (C=O) groups is 1. The first-order valence-corrected chi connectivity index (χ1v) is 12.7. The van der Waals surface area contributed by atoms with Crippen LogP contribution in [0.2, 0.25) is 0 Å². The minimum atomic E-state index is -0.105. The van der Waals surface area contributed by atoms with Gasteiger partial charge in [-0.25, -0.2) is 0 Å². The molecule has 1 atom stereocenters. The first-order valence-electron chi connectivity index (χ1n) is 12.7. The molecule has 30 heavy (non-hydrogen) atoms. The third kappa shape index (κ3) is 6.02. The summed E-state index contributed by atoms with van der Waals surface area (Å²) in [5, 5.41) is 11.3. The van der Waals surface area contributed by atoms with Gasteiger partial charge in [0.05, 0.1) is 6.61 Å². The molecule has 0 spiro atoms. The third-order valence-electron chi connectivity index (χ3n) is 7.49. The molecule has 0 bridgehead atoms. The first-order chi connectivity index (χ1) is 14.6. The summed E-state index contributed by atoms with van der Waals surface area (Å²) < 4.78 is 5.30. The van der Waals surface area contributed by atoms with Crippen molar-refractivity contribution in [2.24, 2.45) is 0 Å². The Kier molecular flexibility index (Phi) is 9.08. The van der Waals surface area contributed by atoms with Crippen molar-refractivity contribution in [2.75, 3.05) is 6.61 Å². The highest BCUT2D eigenvalue weighted by Gasteiger charge is 2.26. The van der Waals surface area contributed by atoms with Gasteiger partial charge in [0.1, 0.15) is 5.75 Å². The number of aromatic hydroxyl groups is 1. The van der Waals surface area contributed by atoms with Crippen molar-refractivity contribution in [1.29, 1.82) is 0 Å². The van der Waals surface area contributed by atoms with E-state index in [2.05, 4.69) is 19.1 Å². The number of phenols is 1. The number of phenolic OH excluding ortho intramolecular Hbond substituents is 1. The van der Waals surface area contributed by atoms with Crippen molar-refractivity contribution in [3.05, 3.63) is 28.8 Å². The van der Waals surface area contributed by atoms with E-state index in [0.29, 0.717) is 36.5 Å². The second kappa shape index (κ2) is 11.8. The molecule has 2 fully saturated rings. The van der Waals surface area contributed by atoms with Crippen LogP contribution in [0.25, 0.3) is 0 Å². The van der Waals surface area contributed by atoms with Crippen LogP contribution < -0.4 is 0 Å². The van der Waals surface area contributed by atoms with Gasteiger partial charge < -0.3 is 9.84 Å². The van der Waals surface area contributed by atoms with E-state index < -0.39 is 0 Å². The molecule has 2 aliphatic carbocycles. The van der Waals surface area contributed by atoms with Gasteiger partial charge in [0.25, 0.3) is 0 Å². The lowest BCUT2D eigenvalue weighted by atomic mass is 9.76.